The van der Waals surface area contributed by atoms with Crippen LogP contribution < -0.4 is 11.5 Å². The molecule has 3 rings (SSSR count). The van der Waals surface area contributed by atoms with Crippen LogP contribution in [-0.4, -0.2) is 17.2 Å². The second-order valence-electron chi connectivity index (χ2n) is 4.59. The monoisotopic (exact) mass is 277 g/mol. The number of hydrogen-bond donors (Lipinski definition) is 3. The minimum absolute atomic E-state index is 0.0626. The molecule has 3 aromatic rings. The van der Waals surface area contributed by atoms with E-state index < -0.39 is 0 Å². The fourth-order valence-electron chi connectivity index (χ4n) is 2.28. The maximum atomic E-state index is 5.30. The predicted octanol–water partition coefficient (Wildman–Crippen LogP) is 2.44. The van der Waals surface area contributed by atoms with E-state index >= 15 is 0 Å². The van der Waals surface area contributed by atoms with Crippen LogP contribution in [0.25, 0.3) is 22.2 Å². The minimum atomic E-state index is -0.0626. The molecule has 21 heavy (non-hydrogen) atoms. The molecular formula is C16H15N5. The first-order chi connectivity index (χ1) is 10.3. The average molecular weight is 277 g/mol. The number of benzene rings is 2. The van der Waals surface area contributed by atoms with Crippen molar-refractivity contribution in [1.82, 2.24) is 4.98 Å². The second-order valence-corrected chi connectivity index (χ2v) is 4.59. The Balaban J connectivity index is 2.19. The zero-order valence-electron chi connectivity index (χ0n) is 11.3. The number of aromatic nitrogens is 1. The van der Waals surface area contributed by atoms with Crippen molar-refractivity contribution >= 4 is 23.1 Å². The van der Waals surface area contributed by atoms with Crippen LogP contribution in [-0.2, 0) is 0 Å². The first-order valence-electron chi connectivity index (χ1n) is 6.54. The van der Waals surface area contributed by atoms with Crippen LogP contribution in [0.1, 0.15) is 5.56 Å². The van der Waals surface area contributed by atoms with E-state index in [1.807, 2.05) is 54.6 Å². The molecule has 1 heterocycles. The second kappa shape index (κ2) is 5.50. The minimum Gasteiger partial charge on any atom is -0.369 e. The van der Waals surface area contributed by atoms with E-state index in [1.165, 1.54) is 0 Å². The molecule has 0 aliphatic heterocycles. The van der Waals surface area contributed by atoms with Crippen molar-refractivity contribution in [3.63, 3.8) is 0 Å². The molecule has 0 amide bonds. The number of fused-ring (bicyclic) bond motifs is 1. The highest BCUT2D eigenvalue weighted by Gasteiger charge is 2.10. The fourth-order valence-corrected chi connectivity index (χ4v) is 2.28. The van der Waals surface area contributed by atoms with Crippen molar-refractivity contribution in [3.05, 3.63) is 60.2 Å². The molecule has 0 fully saturated rings. The summed E-state index contributed by atoms with van der Waals surface area (Å²) in [6.45, 7) is 0. The zero-order chi connectivity index (χ0) is 14.7. The van der Waals surface area contributed by atoms with Gasteiger partial charge in [0.2, 0.25) is 5.96 Å². The van der Waals surface area contributed by atoms with Gasteiger partial charge in [0, 0.05) is 16.5 Å². The Morgan fingerprint density at radius 1 is 0.952 bits per heavy atom. The Morgan fingerprint density at radius 3 is 2.43 bits per heavy atom. The van der Waals surface area contributed by atoms with Gasteiger partial charge in [-0.25, -0.2) is 0 Å². The average Bonchev–Trinajstić information content (AvgIpc) is 2.87. The summed E-state index contributed by atoms with van der Waals surface area (Å²) in [4.78, 5) is 3.42. The molecule has 5 nitrogen and oxygen atoms in total. The van der Waals surface area contributed by atoms with Crippen molar-refractivity contribution in [3.8, 4) is 11.3 Å². The summed E-state index contributed by atoms with van der Waals surface area (Å²) in [7, 11) is 0. The topological polar surface area (TPSA) is 92.6 Å². The molecule has 104 valence electrons. The van der Waals surface area contributed by atoms with Gasteiger partial charge in [-0.05, 0) is 11.6 Å². The molecule has 5 N–H and O–H groups in total. The highest BCUT2D eigenvalue weighted by Crippen LogP contribution is 2.28. The number of rotatable bonds is 3. The van der Waals surface area contributed by atoms with Gasteiger partial charge >= 0.3 is 0 Å². The normalized spacial score (nSPS) is 11.0. The van der Waals surface area contributed by atoms with Crippen molar-refractivity contribution in [2.75, 3.05) is 0 Å². The zero-order valence-corrected chi connectivity index (χ0v) is 11.3. The van der Waals surface area contributed by atoms with Gasteiger partial charge in [0.25, 0.3) is 0 Å². The molecule has 0 atom stereocenters. The standard InChI is InChI=1S/C16H15N5/c17-16(18)21-19-10-13-12-8-4-5-9-14(12)20-15(13)11-6-2-1-3-7-11/h1-10,20H,(H4,17,18,21)/b19-10+. The third-order valence-corrected chi connectivity index (χ3v) is 3.17. The van der Waals surface area contributed by atoms with Gasteiger partial charge in [0.05, 0.1) is 11.9 Å². The molecule has 0 bridgehead atoms. The lowest BCUT2D eigenvalue weighted by molar-refractivity contribution is 1.22. The molecule has 0 saturated carbocycles. The fraction of sp³-hybridized carbons (Fsp3) is 0. The molecule has 0 aliphatic carbocycles. The number of aromatic amines is 1. The van der Waals surface area contributed by atoms with Crippen molar-refractivity contribution in [2.24, 2.45) is 21.7 Å². The van der Waals surface area contributed by atoms with Crippen LogP contribution >= 0.6 is 0 Å². The summed E-state index contributed by atoms with van der Waals surface area (Å²) in [6, 6.07) is 18.1. The quantitative estimate of drug-likeness (QED) is 0.390. The van der Waals surface area contributed by atoms with E-state index in [0.717, 1.165) is 27.7 Å². The summed E-state index contributed by atoms with van der Waals surface area (Å²) >= 11 is 0. The van der Waals surface area contributed by atoms with E-state index in [0.29, 0.717) is 0 Å². The Labute approximate surface area is 122 Å². The molecule has 1 aromatic heterocycles. The lowest BCUT2D eigenvalue weighted by Crippen LogP contribution is -2.21. The van der Waals surface area contributed by atoms with Gasteiger partial charge in [-0.2, -0.15) is 5.10 Å². The SMILES string of the molecule is NC(N)=N/N=C/c1c(-c2ccccc2)[nH]c2ccccc12. The Morgan fingerprint density at radius 2 is 1.67 bits per heavy atom. The third-order valence-electron chi connectivity index (χ3n) is 3.17. The number of nitrogens with zero attached hydrogens (tertiary/aromatic N) is 2. The lowest BCUT2D eigenvalue weighted by atomic mass is 10.1. The Bertz CT molecular complexity index is 811. The van der Waals surface area contributed by atoms with Gasteiger partial charge in [-0.15, -0.1) is 5.10 Å². The van der Waals surface area contributed by atoms with Gasteiger partial charge < -0.3 is 16.5 Å². The van der Waals surface area contributed by atoms with Crippen LogP contribution in [0.5, 0.6) is 0 Å². The summed E-state index contributed by atoms with van der Waals surface area (Å²) < 4.78 is 0. The van der Waals surface area contributed by atoms with Crippen LogP contribution in [0.2, 0.25) is 0 Å². The highest BCUT2D eigenvalue weighted by molar-refractivity contribution is 6.05. The van der Waals surface area contributed by atoms with Crippen molar-refractivity contribution < 1.29 is 0 Å². The van der Waals surface area contributed by atoms with E-state index in [-0.39, 0.29) is 5.96 Å². The van der Waals surface area contributed by atoms with Crippen molar-refractivity contribution in [2.45, 2.75) is 0 Å². The number of guanidine groups is 1. The van der Waals surface area contributed by atoms with Crippen LogP contribution in [0.4, 0.5) is 0 Å². The number of H-pyrrole nitrogens is 1. The van der Waals surface area contributed by atoms with E-state index in [4.69, 9.17) is 11.5 Å². The largest absolute Gasteiger partial charge is 0.369 e. The highest BCUT2D eigenvalue weighted by atomic mass is 15.3. The summed E-state index contributed by atoms with van der Waals surface area (Å²) in [6.07, 6.45) is 1.67. The molecule has 0 aliphatic rings. The van der Waals surface area contributed by atoms with E-state index in [1.54, 1.807) is 6.21 Å². The molecule has 0 unspecified atom stereocenters. The van der Waals surface area contributed by atoms with Gasteiger partial charge in [-0.1, -0.05) is 48.5 Å². The van der Waals surface area contributed by atoms with E-state index in [9.17, 15) is 0 Å². The molecule has 0 saturated heterocycles. The molecular weight excluding hydrogens is 262 g/mol. The predicted molar refractivity (Wildman–Crippen MR) is 87.1 cm³/mol. The van der Waals surface area contributed by atoms with Crippen LogP contribution in [0.15, 0.2) is 64.8 Å². The summed E-state index contributed by atoms with van der Waals surface area (Å²) in [5.41, 5.74) is 14.7. The Kier molecular flexibility index (Phi) is 3.39. The van der Waals surface area contributed by atoms with Gasteiger partial charge in [0.1, 0.15) is 0 Å². The van der Waals surface area contributed by atoms with Crippen molar-refractivity contribution in [1.29, 1.82) is 0 Å². The van der Waals surface area contributed by atoms with Gasteiger partial charge in [0.15, 0.2) is 0 Å². The summed E-state index contributed by atoms with van der Waals surface area (Å²) in [5.74, 6) is -0.0626. The number of nitrogens with two attached hydrogens (primary N) is 2. The molecule has 2 aromatic carbocycles. The Hall–Kier alpha value is -3.08. The third kappa shape index (κ3) is 2.62. The molecule has 5 heteroatoms. The summed E-state index contributed by atoms with van der Waals surface area (Å²) in [5, 5.41) is 8.69. The van der Waals surface area contributed by atoms with E-state index in [2.05, 4.69) is 15.2 Å². The maximum Gasteiger partial charge on any atom is 0.211 e. The van der Waals surface area contributed by atoms with Crippen LogP contribution in [0.3, 0.4) is 0 Å². The van der Waals surface area contributed by atoms with Gasteiger partial charge in [-0.3, -0.25) is 0 Å². The smallest absolute Gasteiger partial charge is 0.211 e. The first-order valence-corrected chi connectivity index (χ1v) is 6.54. The van der Waals surface area contributed by atoms with Crippen LogP contribution in [0, 0.1) is 0 Å². The lowest BCUT2D eigenvalue weighted by Gasteiger charge is -1.99. The molecule has 0 spiro atoms. The number of hydrogen-bond acceptors (Lipinski definition) is 2. The first kappa shape index (κ1) is 12.9. The number of para-hydroxylation sites is 1. The molecule has 0 radical (unpaired) electrons. The number of nitrogens with one attached hydrogen (secondary N) is 1. The maximum absolute atomic E-state index is 5.30.